The molecule has 0 saturated carbocycles. The van der Waals surface area contributed by atoms with Crippen LogP contribution in [0.1, 0.15) is 38.9 Å². The smallest absolute Gasteiger partial charge is 0.356 e. The lowest BCUT2D eigenvalue weighted by atomic mass is 10.1. The van der Waals surface area contributed by atoms with Crippen LogP contribution in [0.3, 0.4) is 0 Å². The zero-order chi connectivity index (χ0) is 25.1. The highest BCUT2D eigenvalue weighted by Crippen LogP contribution is 2.43. The van der Waals surface area contributed by atoms with Gasteiger partial charge >= 0.3 is 5.97 Å². The molecular formula is C30H25NO3S2. The lowest BCUT2D eigenvalue weighted by molar-refractivity contribution is 0.0513. The molecule has 0 unspecified atom stereocenters. The average Bonchev–Trinajstić information content (AvgIpc) is 3.20. The number of hydrogen-bond acceptors (Lipinski definition) is 5. The summed E-state index contributed by atoms with van der Waals surface area (Å²) in [6.07, 6.45) is 1.88. The van der Waals surface area contributed by atoms with Crippen molar-refractivity contribution in [2.24, 2.45) is 0 Å². The molecule has 0 bridgehead atoms. The van der Waals surface area contributed by atoms with E-state index in [1.54, 1.807) is 18.7 Å². The third-order valence-corrected chi connectivity index (χ3v) is 8.24. The van der Waals surface area contributed by atoms with Gasteiger partial charge in [0.15, 0.2) is 0 Å². The molecule has 36 heavy (non-hydrogen) atoms. The van der Waals surface area contributed by atoms with E-state index in [1.807, 2.05) is 72.1 Å². The Kier molecular flexibility index (Phi) is 7.16. The normalized spacial score (nSPS) is 11.2. The minimum Gasteiger partial charge on any atom is -0.461 e. The maximum Gasteiger partial charge on any atom is 0.356 e. The monoisotopic (exact) mass is 511 g/mol. The Bertz CT molecular complexity index is 1570. The van der Waals surface area contributed by atoms with Crippen LogP contribution in [-0.4, -0.2) is 22.1 Å². The van der Waals surface area contributed by atoms with E-state index < -0.39 is 5.97 Å². The third kappa shape index (κ3) is 4.79. The molecule has 5 rings (SSSR count). The highest BCUT2D eigenvalue weighted by Gasteiger charge is 2.27. The molecule has 0 saturated heterocycles. The molecule has 0 spiro atoms. The summed E-state index contributed by atoms with van der Waals surface area (Å²) in [6.45, 7) is 4.08. The van der Waals surface area contributed by atoms with Crippen molar-refractivity contribution in [2.45, 2.75) is 29.4 Å². The van der Waals surface area contributed by atoms with Crippen LogP contribution in [0, 0.1) is 6.92 Å². The van der Waals surface area contributed by atoms with E-state index in [4.69, 9.17) is 4.74 Å². The van der Waals surface area contributed by atoms with Crippen LogP contribution in [0.25, 0.3) is 16.3 Å². The van der Waals surface area contributed by atoms with E-state index in [0.717, 1.165) is 20.9 Å². The van der Waals surface area contributed by atoms with E-state index in [2.05, 4.69) is 30.3 Å². The second kappa shape index (κ2) is 10.6. The number of carbonyl (C=O) groups excluding carboxylic acids is 2. The number of aromatic nitrogens is 1. The fourth-order valence-electron chi connectivity index (χ4n) is 4.23. The summed E-state index contributed by atoms with van der Waals surface area (Å²) in [5.74, 6) is 0.257. The standard InChI is InChI=1S/C30H25NO3S2/c1-3-34-29(32)26-28(35-19-23-14-9-13-21-10-7-8-15-24(21)23)27(25-18-20(2)16-17-31(25)26)36-30(33)22-11-5-4-6-12-22/h4-18H,3,19H2,1-2H3. The number of benzene rings is 3. The quantitative estimate of drug-likeness (QED) is 0.165. The van der Waals surface area contributed by atoms with Crippen LogP contribution in [0.2, 0.25) is 0 Å². The first kappa shape index (κ1) is 24.2. The van der Waals surface area contributed by atoms with Gasteiger partial charge < -0.3 is 9.14 Å². The molecule has 0 aliphatic heterocycles. The molecule has 0 N–H and O–H groups in total. The van der Waals surface area contributed by atoms with Crippen LogP contribution in [-0.2, 0) is 10.5 Å². The van der Waals surface area contributed by atoms with Crippen molar-refractivity contribution in [3.63, 3.8) is 0 Å². The number of nitrogens with zero attached hydrogens (tertiary/aromatic N) is 1. The molecule has 6 heteroatoms. The second-order valence-corrected chi connectivity index (χ2v) is 10.3. The van der Waals surface area contributed by atoms with Crippen LogP contribution in [0.5, 0.6) is 0 Å². The average molecular weight is 512 g/mol. The number of rotatable bonds is 7. The van der Waals surface area contributed by atoms with Crippen molar-refractivity contribution in [1.29, 1.82) is 0 Å². The van der Waals surface area contributed by atoms with E-state index >= 15 is 0 Å². The number of hydrogen-bond donors (Lipinski definition) is 0. The van der Waals surface area contributed by atoms with Crippen molar-refractivity contribution in [3.05, 3.63) is 114 Å². The van der Waals surface area contributed by atoms with Crippen LogP contribution in [0.15, 0.2) is 101 Å². The van der Waals surface area contributed by atoms with Gasteiger partial charge in [-0.3, -0.25) is 4.79 Å². The summed E-state index contributed by atoms with van der Waals surface area (Å²) in [4.78, 5) is 28.0. The van der Waals surface area contributed by atoms with E-state index in [0.29, 0.717) is 17.0 Å². The summed E-state index contributed by atoms with van der Waals surface area (Å²) >= 11 is 2.74. The van der Waals surface area contributed by atoms with Gasteiger partial charge in [-0.1, -0.05) is 72.8 Å². The van der Waals surface area contributed by atoms with Gasteiger partial charge in [0.05, 0.1) is 21.9 Å². The number of ether oxygens (including phenoxy) is 1. The molecule has 0 amide bonds. The van der Waals surface area contributed by atoms with Gasteiger partial charge in [0, 0.05) is 17.5 Å². The molecule has 5 aromatic rings. The summed E-state index contributed by atoms with van der Waals surface area (Å²) in [7, 11) is 0. The largest absolute Gasteiger partial charge is 0.461 e. The van der Waals surface area contributed by atoms with Crippen molar-refractivity contribution in [1.82, 2.24) is 4.40 Å². The Morgan fingerprint density at radius 2 is 1.64 bits per heavy atom. The predicted molar refractivity (Wildman–Crippen MR) is 148 cm³/mol. The first-order valence-electron chi connectivity index (χ1n) is 11.7. The zero-order valence-electron chi connectivity index (χ0n) is 20.1. The Morgan fingerprint density at radius 3 is 2.44 bits per heavy atom. The maximum atomic E-state index is 13.3. The topological polar surface area (TPSA) is 47.8 Å². The highest BCUT2D eigenvalue weighted by atomic mass is 32.2. The van der Waals surface area contributed by atoms with Crippen LogP contribution >= 0.6 is 23.5 Å². The van der Waals surface area contributed by atoms with Gasteiger partial charge in [0.2, 0.25) is 5.12 Å². The first-order chi connectivity index (χ1) is 17.6. The molecular weight excluding hydrogens is 486 g/mol. The summed E-state index contributed by atoms with van der Waals surface area (Å²) in [5.41, 5.74) is 4.13. The molecule has 4 nitrogen and oxygen atoms in total. The van der Waals surface area contributed by atoms with Gasteiger partial charge in [-0.05, 0) is 59.6 Å². The molecule has 0 radical (unpaired) electrons. The Morgan fingerprint density at radius 1 is 0.889 bits per heavy atom. The molecule has 180 valence electrons. The lowest BCUT2D eigenvalue weighted by Crippen LogP contribution is -2.09. The number of pyridine rings is 1. The SMILES string of the molecule is CCOC(=O)c1c(SCc2cccc3ccccc23)c(SC(=O)c2ccccc2)c2cc(C)ccn12. The van der Waals surface area contributed by atoms with Gasteiger partial charge in [0.1, 0.15) is 5.69 Å². The molecule has 0 atom stereocenters. The maximum absolute atomic E-state index is 13.3. The minimum atomic E-state index is -0.393. The number of thioether (sulfide) groups is 2. The van der Waals surface area contributed by atoms with Crippen LogP contribution in [0.4, 0.5) is 0 Å². The number of fused-ring (bicyclic) bond motifs is 2. The molecule has 2 aromatic heterocycles. The van der Waals surface area contributed by atoms with Gasteiger partial charge in [-0.2, -0.15) is 0 Å². The van der Waals surface area contributed by atoms with E-state index in [9.17, 15) is 9.59 Å². The van der Waals surface area contributed by atoms with Crippen LogP contribution < -0.4 is 0 Å². The fraction of sp³-hybridized carbons (Fsp3) is 0.133. The lowest BCUT2D eigenvalue weighted by Gasteiger charge is -2.09. The number of esters is 1. The molecule has 0 aliphatic carbocycles. The van der Waals surface area contributed by atoms with Crippen molar-refractivity contribution in [2.75, 3.05) is 6.61 Å². The molecule has 3 aromatic carbocycles. The van der Waals surface area contributed by atoms with Crippen molar-refractivity contribution in [3.8, 4) is 0 Å². The summed E-state index contributed by atoms with van der Waals surface area (Å²) < 4.78 is 7.32. The molecule has 0 aliphatic rings. The number of carbonyl (C=O) groups is 2. The van der Waals surface area contributed by atoms with E-state index in [-0.39, 0.29) is 11.7 Å². The van der Waals surface area contributed by atoms with Crippen molar-refractivity contribution < 1.29 is 14.3 Å². The fourth-order valence-corrected chi connectivity index (χ4v) is 6.52. The Balaban J connectivity index is 1.63. The zero-order valence-corrected chi connectivity index (χ0v) is 21.7. The minimum absolute atomic E-state index is 0.0629. The van der Waals surface area contributed by atoms with Crippen molar-refractivity contribution >= 4 is 50.9 Å². The van der Waals surface area contributed by atoms with Gasteiger partial charge in [-0.15, -0.1) is 11.8 Å². The molecule has 2 heterocycles. The van der Waals surface area contributed by atoms with Gasteiger partial charge in [0.25, 0.3) is 0 Å². The number of aryl methyl sites for hydroxylation is 1. The van der Waals surface area contributed by atoms with Gasteiger partial charge in [-0.25, -0.2) is 4.79 Å². The molecule has 0 fully saturated rings. The second-order valence-electron chi connectivity index (χ2n) is 8.37. The summed E-state index contributed by atoms with van der Waals surface area (Å²) in [5, 5.41) is 2.29. The Hall–Kier alpha value is -3.48. The first-order valence-corrected chi connectivity index (χ1v) is 13.6. The summed E-state index contributed by atoms with van der Waals surface area (Å²) in [6, 6.07) is 27.8. The van der Waals surface area contributed by atoms with E-state index in [1.165, 1.54) is 28.1 Å². The predicted octanol–water partition coefficient (Wildman–Crippen LogP) is 7.80. The Labute approximate surface area is 218 Å². The third-order valence-electron chi connectivity index (χ3n) is 5.93. The highest BCUT2D eigenvalue weighted by molar-refractivity contribution is 8.14.